The molecule has 0 radical (unpaired) electrons. The summed E-state index contributed by atoms with van der Waals surface area (Å²) in [7, 11) is 0. The number of piperidine rings is 1. The van der Waals surface area contributed by atoms with Crippen LogP contribution < -0.4 is 5.32 Å². The first-order valence-electron chi connectivity index (χ1n) is 4.61. The molecule has 2 rings (SSSR count). The molecular weight excluding hydrogens is 218 g/mol. The minimum atomic E-state index is -0.512. The number of aromatic nitrogens is 2. The second-order valence-electron chi connectivity index (χ2n) is 3.47. The minimum absolute atomic E-state index is 0.512. The lowest BCUT2D eigenvalue weighted by molar-refractivity contribution is 0.0339. The van der Waals surface area contributed by atoms with Crippen LogP contribution in [0.5, 0.6) is 0 Å². The van der Waals surface area contributed by atoms with Gasteiger partial charge in [-0.15, -0.1) is 10.2 Å². The normalized spacial score (nSPS) is 20.9. The van der Waals surface area contributed by atoms with E-state index in [9.17, 15) is 5.11 Å². The van der Waals surface area contributed by atoms with E-state index >= 15 is 0 Å². The van der Waals surface area contributed by atoms with Crippen LogP contribution in [-0.4, -0.2) is 39.7 Å². The maximum absolute atomic E-state index is 10.2. The van der Waals surface area contributed by atoms with E-state index in [1.54, 1.807) is 17.3 Å². The second-order valence-corrected chi connectivity index (χ2v) is 5.52. The molecule has 1 fully saturated rings. The summed E-state index contributed by atoms with van der Waals surface area (Å²) in [5.41, 5.74) is 1.20. The van der Waals surface area contributed by atoms with Crippen LogP contribution in [0.1, 0.15) is 12.8 Å². The molecule has 78 valence electrons. The Kier molecular flexibility index (Phi) is 3.38. The molecule has 1 aliphatic heterocycles. The highest BCUT2D eigenvalue weighted by Gasteiger charge is 2.29. The van der Waals surface area contributed by atoms with Gasteiger partial charge in [0.2, 0.25) is 0 Å². The first-order valence-corrected chi connectivity index (χ1v) is 6.47. The Balaban J connectivity index is 1.84. The van der Waals surface area contributed by atoms with Gasteiger partial charge in [0, 0.05) is 5.75 Å². The van der Waals surface area contributed by atoms with Crippen LogP contribution in [0, 0.1) is 0 Å². The molecule has 0 atom stereocenters. The summed E-state index contributed by atoms with van der Waals surface area (Å²) < 4.78 is 0.942. The minimum Gasteiger partial charge on any atom is -0.389 e. The summed E-state index contributed by atoms with van der Waals surface area (Å²) in [6, 6.07) is 0. The van der Waals surface area contributed by atoms with Gasteiger partial charge < -0.3 is 10.4 Å². The zero-order valence-corrected chi connectivity index (χ0v) is 9.40. The Morgan fingerprint density at radius 1 is 1.57 bits per heavy atom. The third kappa shape index (κ3) is 2.66. The van der Waals surface area contributed by atoms with Crippen LogP contribution in [0.15, 0.2) is 9.85 Å². The molecule has 0 spiro atoms. The van der Waals surface area contributed by atoms with Gasteiger partial charge in [0.25, 0.3) is 0 Å². The predicted octanol–water partition coefficient (Wildman–Crippen LogP) is 0.745. The van der Waals surface area contributed by atoms with Crippen molar-refractivity contribution < 1.29 is 5.11 Å². The molecule has 6 heteroatoms. The van der Waals surface area contributed by atoms with Crippen molar-refractivity contribution in [2.75, 3.05) is 18.8 Å². The molecule has 0 bridgehead atoms. The number of thioether (sulfide) groups is 1. The summed E-state index contributed by atoms with van der Waals surface area (Å²) in [4.78, 5) is 0. The number of rotatable bonds is 3. The van der Waals surface area contributed by atoms with E-state index in [0.29, 0.717) is 0 Å². The zero-order chi connectivity index (χ0) is 9.86. The van der Waals surface area contributed by atoms with Crippen molar-refractivity contribution in [2.24, 2.45) is 0 Å². The number of nitrogens with zero attached hydrogens (tertiary/aromatic N) is 2. The number of hydrogen-bond donors (Lipinski definition) is 2. The molecule has 0 unspecified atom stereocenters. The van der Waals surface area contributed by atoms with E-state index in [-0.39, 0.29) is 0 Å². The molecular formula is C8H13N3OS2. The van der Waals surface area contributed by atoms with Gasteiger partial charge in [-0.05, 0) is 25.9 Å². The second kappa shape index (κ2) is 4.57. The van der Waals surface area contributed by atoms with E-state index in [2.05, 4.69) is 15.5 Å². The Morgan fingerprint density at radius 2 is 2.36 bits per heavy atom. The fraction of sp³-hybridized carbons (Fsp3) is 0.750. The third-order valence-corrected chi connectivity index (χ3v) is 4.47. The summed E-state index contributed by atoms with van der Waals surface area (Å²) in [5, 5.41) is 21.1. The molecule has 1 aromatic rings. The molecule has 14 heavy (non-hydrogen) atoms. The predicted molar refractivity (Wildman–Crippen MR) is 57.7 cm³/mol. The first kappa shape index (κ1) is 10.4. The summed E-state index contributed by atoms with van der Waals surface area (Å²) in [6.07, 6.45) is 1.66. The van der Waals surface area contributed by atoms with Crippen LogP contribution in [0.4, 0.5) is 0 Å². The molecule has 0 amide bonds. The van der Waals surface area contributed by atoms with Gasteiger partial charge in [0.1, 0.15) is 5.51 Å². The highest BCUT2D eigenvalue weighted by Crippen LogP contribution is 2.28. The van der Waals surface area contributed by atoms with Gasteiger partial charge in [0.15, 0.2) is 4.34 Å². The maximum atomic E-state index is 10.2. The van der Waals surface area contributed by atoms with Crippen molar-refractivity contribution in [1.82, 2.24) is 15.5 Å². The average Bonchev–Trinajstić information content (AvgIpc) is 2.69. The van der Waals surface area contributed by atoms with Gasteiger partial charge in [-0.1, -0.05) is 23.1 Å². The van der Waals surface area contributed by atoms with Gasteiger partial charge in [-0.2, -0.15) is 0 Å². The molecule has 1 aliphatic rings. The SMILES string of the molecule is OC1(CSc2nncs2)CCNCC1. The average molecular weight is 231 g/mol. The molecule has 1 aromatic heterocycles. The van der Waals surface area contributed by atoms with Gasteiger partial charge in [-0.3, -0.25) is 0 Å². The first-order chi connectivity index (χ1) is 6.79. The van der Waals surface area contributed by atoms with Crippen LogP contribution in [0.3, 0.4) is 0 Å². The van der Waals surface area contributed by atoms with Crippen molar-refractivity contribution in [3.05, 3.63) is 5.51 Å². The number of aliphatic hydroxyl groups is 1. The monoisotopic (exact) mass is 231 g/mol. The number of hydrogen-bond acceptors (Lipinski definition) is 6. The topological polar surface area (TPSA) is 58.0 Å². The van der Waals surface area contributed by atoms with E-state index in [0.717, 1.165) is 36.0 Å². The maximum Gasteiger partial charge on any atom is 0.174 e. The molecule has 2 heterocycles. The van der Waals surface area contributed by atoms with E-state index in [4.69, 9.17) is 0 Å². The van der Waals surface area contributed by atoms with Crippen LogP contribution in [0.25, 0.3) is 0 Å². The molecule has 0 aromatic carbocycles. The highest BCUT2D eigenvalue weighted by molar-refractivity contribution is 8.01. The Labute approximate surface area is 91.1 Å². The third-order valence-electron chi connectivity index (χ3n) is 2.34. The van der Waals surface area contributed by atoms with Crippen LogP contribution in [0.2, 0.25) is 0 Å². The van der Waals surface area contributed by atoms with Gasteiger partial charge in [-0.25, -0.2) is 0 Å². The van der Waals surface area contributed by atoms with Crippen LogP contribution >= 0.6 is 23.1 Å². The summed E-state index contributed by atoms with van der Waals surface area (Å²) in [5.74, 6) is 0.726. The molecule has 1 saturated heterocycles. The van der Waals surface area contributed by atoms with E-state index < -0.39 is 5.60 Å². The lowest BCUT2D eigenvalue weighted by Gasteiger charge is -2.31. The van der Waals surface area contributed by atoms with Gasteiger partial charge in [0.05, 0.1) is 5.60 Å². The highest BCUT2D eigenvalue weighted by atomic mass is 32.2. The zero-order valence-electron chi connectivity index (χ0n) is 7.77. The number of nitrogens with one attached hydrogen (secondary N) is 1. The van der Waals surface area contributed by atoms with Crippen molar-refractivity contribution >= 4 is 23.1 Å². The van der Waals surface area contributed by atoms with Crippen molar-refractivity contribution in [1.29, 1.82) is 0 Å². The molecule has 4 nitrogen and oxygen atoms in total. The lowest BCUT2D eigenvalue weighted by atomic mass is 9.95. The van der Waals surface area contributed by atoms with Crippen molar-refractivity contribution in [3.8, 4) is 0 Å². The quantitative estimate of drug-likeness (QED) is 0.752. The van der Waals surface area contributed by atoms with E-state index in [1.165, 1.54) is 11.3 Å². The lowest BCUT2D eigenvalue weighted by Crippen LogP contribution is -2.43. The summed E-state index contributed by atoms with van der Waals surface area (Å²) >= 11 is 3.12. The standard InChI is InChI=1S/C8H13N3OS2/c12-8(1-3-9-4-2-8)5-13-7-11-10-6-14-7/h6,9,12H,1-5H2. The van der Waals surface area contributed by atoms with Crippen molar-refractivity contribution in [3.63, 3.8) is 0 Å². The smallest absolute Gasteiger partial charge is 0.174 e. The fourth-order valence-electron chi connectivity index (χ4n) is 1.46. The molecule has 2 N–H and O–H groups in total. The largest absolute Gasteiger partial charge is 0.389 e. The molecule has 0 aliphatic carbocycles. The summed E-state index contributed by atoms with van der Waals surface area (Å²) in [6.45, 7) is 1.82. The Bertz CT molecular complexity index is 272. The van der Waals surface area contributed by atoms with E-state index in [1.807, 2.05) is 0 Å². The van der Waals surface area contributed by atoms with Crippen molar-refractivity contribution in [2.45, 2.75) is 22.8 Å². The Morgan fingerprint density at radius 3 is 3.00 bits per heavy atom. The fourth-order valence-corrected chi connectivity index (χ4v) is 3.10. The molecule has 0 saturated carbocycles. The van der Waals surface area contributed by atoms with Crippen LogP contribution in [-0.2, 0) is 0 Å². The van der Waals surface area contributed by atoms with Gasteiger partial charge >= 0.3 is 0 Å². The Hall–Kier alpha value is -0.170.